The quantitative estimate of drug-likeness (QED) is 0.827. The fourth-order valence-corrected chi connectivity index (χ4v) is 2.85. The molecule has 140 valence electrons. The van der Waals surface area contributed by atoms with Crippen LogP contribution in [0.3, 0.4) is 0 Å². The van der Waals surface area contributed by atoms with Crippen LogP contribution >= 0.6 is 0 Å². The fraction of sp³-hybridized carbons (Fsp3) is 0.300. The van der Waals surface area contributed by atoms with E-state index in [4.69, 9.17) is 0 Å². The van der Waals surface area contributed by atoms with Crippen molar-refractivity contribution in [1.29, 1.82) is 0 Å². The maximum absolute atomic E-state index is 12.2. The van der Waals surface area contributed by atoms with Crippen molar-refractivity contribution < 1.29 is 9.59 Å². The number of piperazine rings is 1. The largest absolute Gasteiger partial charge is 0.340 e. The number of nitrogens with zero attached hydrogens (tertiary/aromatic N) is 4. The van der Waals surface area contributed by atoms with Crippen LogP contribution in [0.5, 0.6) is 0 Å². The monoisotopic (exact) mass is 365 g/mol. The molecule has 1 N–H and O–H groups in total. The third-order valence-electron chi connectivity index (χ3n) is 4.37. The minimum absolute atomic E-state index is 0.0649. The summed E-state index contributed by atoms with van der Waals surface area (Å²) in [6.45, 7) is 4.66. The second-order valence-corrected chi connectivity index (χ2v) is 6.41. The van der Waals surface area contributed by atoms with Crippen LogP contribution < -0.4 is 5.32 Å². The average Bonchev–Trinajstić information content (AvgIpc) is 2.68. The zero-order chi connectivity index (χ0) is 19.1. The maximum Gasteiger partial charge on any atom is 0.238 e. The molecule has 0 aliphatic carbocycles. The Kier molecular flexibility index (Phi) is 6.27. The van der Waals surface area contributed by atoms with Gasteiger partial charge in [-0.15, -0.1) is 0 Å². The molecular weight excluding hydrogens is 342 g/mol. The number of hydrogen-bond acceptors (Lipinski definition) is 5. The van der Waals surface area contributed by atoms with Gasteiger partial charge in [0, 0.05) is 38.8 Å². The van der Waals surface area contributed by atoms with Crippen LogP contribution in [0.15, 0.2) is 64.8 Å². The van der Waals surface area contributed by atoms with Gasteiger partial charge in [-0.3, -0.25) is 14.5 Å². The predicted octanol–water partition coefficient (Wildman–Crippen LogP) is 3.20. The van der Waals surface area contributed by atoms with Crippen molar-refractivity contribution in [2.24, 2.45) is 10.2 Å². The molecule has 0 radical (unpaired) electrons. The smallest absolute Gasteiger partial charge is 0.238 e. The van der Waals surface area contributed by atoms with E-state index in [2.05, 4.69) is 20.4 Å². The van der Waals surface area contributed by atoms with Gasteiger partial charge in [0.25, 0.3) is 0 Å². The number of rotatable bonds is 5. The first-order valence-corrected chi connectivity index (χ1v) is 8.95. The summed E-state index contributed by atoms with van der Waals surface area (Å²) in [5.74, 6) is 0.0218. The lowest BCUT2D eigenvalue weighted by Crippen LogP contribution is -2.49. The highest BCUT2D eigenvalue weighted by Crippen LogP contribution is 2.20. The summed E-state index contributed by atoms with van der Waals surface area (Å²) >= 11 is 0. The molecule has 0 unspecified atom stereocenters. The first-order valence-electron chi connectivity index (χ1n) is 8.95. The van der Waals surface area contributed by atoms with Crippen molar-refractivity contribution in [3.63, 3.8) is 0 Å². The molecule has 27 heavy (non-hydrogen) atoms. The molecule has 1 saturated heterocycles. The number of azo groups is 1. The molecule has 3 rings (SSSR count). The lowest BCUT2D eigenvalue weighted by atomic mass is 10.2. The van der Waals surface area contributed by atoms with Gasteiger partial charge in [0.1, 0.15) is 0 Å². The van der Waals surface area contributed by atoms with Gasteiger partial charge in [-0.2, -0.15) is 10.2 Å². The number of benzene rings is 2. The molecule has 2 amide bonds. The lowest BCUT2D eigenvalue weighted by Gasteiger charge is -2.33. The van der Waals surface area contributed by atoms with E-state index in [1.165, 1.54) is 0 Å². The molecule has 2 aromatic carbocycles. The Morgan fingerprint density at radius 3 is 2.07 bits per heavy atom. The summed E-state index contributed by atoms with van der Waals surface area (Å²) in [5.41, 5.74) is 2.23. The highest BCUT2D eigenvalue weighted by atomic mass is 16.2. The van der Waals surface area contributed by atoms with Gasteiger partial charge < -0.3 is 10.2 Å². The van der Waals surface area contributed by atoms with Gasteiger partial charge in [0.2, 0.25) is 11.8 Å². The molecule has 1 aliphatic heterocycles. The second-order valence-electron chi connectivity index (χ2n) is 6.41. The van der Waals surface area contributed by atoms with Gasteiger partial charge >= 0.3 is 0 Å². The number of carbonyl (C=O) groups excluding carboxylic acids is 2. The van der Waals surface area contributed by atoms with Crippen LogP contribution in [-0.4, -0.2) is 54.3 Å². The first-order chi connectivity index (χ1) is 13.1. The molecule has 0 aromatic heterocycles. The SMILES string of the molecule is CC(=O)N1CCN(CC(=O)Nc2ccc(N=Nc3ccccc3)cc2)CC1. The predicted molar refractivity (Wildman–Crippen MR) is 104 cm³/mol. The average molecular weight is 365 g/mol. The van der Waals surface area contributed by atoms with Gasteiger partial charge in [0.15, 0.2) is 0 Å². The van der Waals surface area contributed by atoms with Crippen LogP contribution in [0.2, 0.25) is 0 Å². The Hall–Kier alpha value is -3.06. The molecule has 7 nitrogen and oxygen atoms in total. The van der Waals surface area contributed by atoms with E-state index < -0.39 is 0 Å². The molecule has 0 saturated carbocycles. The van der Waals surface area contributed by atoms with Crippen LogP contribution in [0.4, 0.5) is 17.1 Å². The van der Waals surface area contributed by atoms with E-state index in [1.807, 2.05) is 54.6 Å². The van der Waals surface area contributed by atoms with Crippen molar-refractivity contribution >= 4 is 28.9 Å². The highest BCUT2D eigenvalue weighted by molar-refractivity contribution is 5.92. The Labute approximate surface area is 158 Å². The van der Waals surface area contributed by atoms with Crippen molar-refractivity contribution in [1.82, 2.24) is 9.80 Å². The molecule has 7 heteroatoms. The zero-order valence-corrected chi connectivity index (χ0v) is 15.3. The van der Waals surface area contributed by atoms with Crippen molar-refractivity contribution in [2.45, 2.75) is 6.92 Å². The van der Waals surface area contributed by atoms with Crippen LogP contribution in [0, 0.1) is 0 Å². The fourth-order valence-electron chi connectivity index (χ4n) is 2.85. The highest BCUT2D eigenvalue weighted by Gasteiger charge is 2.20. The Morgan fingerprint density at radius 1 is 0.889 bits per heavy atom. The number of carbonyl (C=O) groups is 2. The standard InChI is InChI=1S/C20H23N5O2/c1-16(26)25-13-11-24(12-14-25)15-20(27)21-17-7-9-19(10-8-17)23-22-18-5-3-2-4-6-18/h2-10H,11-15H2,1H3,(H,21,27). The molecule has 0 spiro atoms. The van der Waals surface area contributed by atoms with E-state index in [0.29, 0.717) is 32.7 Å². The Balaban J connectivity index is 1.47. The van der Waals surface area contributed by atoms with E-state index in [-0.39, 0.29) is 11.8 Å². The van der Waals surface area contributed by atoms with Crippen LogP contribution in [0.25, 0.3) is 0 Å². The summed E-state index contributed by atoms with van der Waals surface area (Å²) in [5, 5.41) is 11.2. The van der Waals surface area contributed by atoms with E-state index >= 15 is 0 Å². The van der Waals surface area contributed by atoms with Crippen molar-refractivity contribution in [2.75, 3.05) is 38.0 Å². The van der Waals surface area contributed by atoms with Crippen molar-refractivity contribution in [3.05, 3.63) is 54.6 Å². The van der Waals surface area contributed by atoms with Gasteiger partial charge in [-0.05, 0) is 36.4 Å². The molecular formula is C20H23N5O2. The number of nitrogens with one attached hydrogen (secondary N) is 1. The minimum Gasteiger partial charge on any atom is -0.340 e. The molecule has 1 aliphatic rings. The molecule has 0 atom stereocenters. The third-order valence-corrected chi connectivity index (χ3v) is 4.37. The van der Waals surface area contributed by atoms with E-state index in [0.717, 1.165) is 17.1 Å². The van der Waals surface area contributed by atoms with Gasteiger partial charge in [0.05, 0.1) is 17.9 Å². The Bertz CT molecular complexity index is 797. The maximum atomic E-state index is 12.2. The zero-order valence-electron chi connectivity index (χ0n) is 15.3. The molecule has 2 aromatic rings. The number of anilines is 1. The van der Waals surface area contributed by atoms with Gasteiger partial charge in [-0.1, -0.05) is 18.2 Å². The minimum atomic E-state index is -0.0649. The summed E-state index contributed by atoms with van der Waals surface area (Å²) in [6.07, 6.45) is 0. The molecule has 1 fully saturated rings. The number of hydrogen-bond donors (Lipinski definition) is 1. The van der Waals surface area contributed by atoms with E-state index in [1.54, 1.807) is 11.8 Å². The second kappa shape index (κ2) is 9.05. The van der Waals surface area contributed by atoms with E-state index in [9.17, 15) is 9.59 Å². The first kappa shape index (κ1) is 18.7. The third kappa shape index (κ3) is 5.72. The lowest BCUT2D eigenvalue weighted by molar-refractivity contribution is -0.130. The normalized spacial score (nSPS) is 15.1. The summed E-state index contributed by atoms with van der Waals surface area (Å²) in [4.78, 5) is 27.4. The molecule has 0 bridgehead atoms. The van der Waals surface area contributed by atoms with Crippen LogP contribution in [-0.2, 0) is 9.59 Å². The summed E-state index contributed by atoms with van der Waals surface area (Å²) in [7, 11) is 0. The van der Waals surface area contributed by atoms with Gasteiger partial charge in [-0.25, -0.2) is 0 Å². The van der Waals surface area contributed by atoms with Crippen molar-refractivity contribution in [3.8, 4) is 0 Å². The molecule has 1 heterocycles. The van der Waals surface area contributed by atoms with Crippen LogP contribution in [0.1, 0.15) is 6.92 Å². The number of amides is 2. The summed E-state index contributed by atoms with van der Waals surface area (Å²) in [6, 6.07) is 16.8. The Morgan fingerprint density at radius 2 is 1.48 bits per heavy atom. The topological polar surface area (TPSA) is 77.4 Å². The summed E-state index contributed by atoms with van der Waals surface area (Å²) < 4.78 is 0.